The van der Waals surface area contributed by atoms with Crippen LogP contribution in [0.25, 0.3) is 0 Å². The zero-order chi connectivity index (χ0) is 19.7. The van der Waals surface area contributed by atoms with Gasteiger partial charge in [-0.05, 0) is 19.1 Å². The molecule has 0 aromatic heterocycles. The van der Waals surface area contributed by atoms with Gasteiger partial charge in [-0.2, -0.15) is 5.06 Å². The highest BCUT2D eigenvalue weighted by molar-refractivity contribution is 6.35. The quantitative estimate of drug-likeness (QED) is 0.405. The highest BCUT2D eigenvalue weighted by atomic mass is 16.7. The molecule has 0 aliphatic rings. The lowest BCUT2D eigenvalue weighted by atomic mass is 9.87. The van der Waals surface area contributed by atoms with Crippen molar-refractivity contribution in [3.8, 4) is 5.75 Å². The van der Waals surface area contributed by atoms with Gasteiger partial charge in [0.05, 0.1) is 13.2 Å². The maximum absolute atomic E-state index is 12.2. The molecule has 0 aliphatic heterocycles. The number of amides is 2. The first-order chi connectivity index (χ1) is 12.2. The Balaban J connectivity index is 2.51. The topological polar surface area (TPSA) is 116 Å². The molecular weight excluding hydrogens is 340 g/mol. The Morgan fingerprint density at radius 2 is 1.85 bits per heavy atom. The zero-order valence-electron chi connectivity index (χ0n) is 15.3. The van der Waals surface area contributed by atoms with Crippen LogP contribution in [0.5, 0.6) is 5.75 Å². The Bertz CT molecular complexity index is 617. The minimum Gasteiger partial charge on any atom is -0.396 e. The number of aliphatic hydroxyl groups excluding tert-OH is 2. The van der Waals surface area contributed by atoms with Crippen molar-refractivity contribution >= 4 is 17.6 Å². The van der Waals surface area contributed by atoms with Crippen molar-refractivity contribution in [1.29, 1.82) is 0 Å². The van der Waals surface area contributed by atoms with E-state index in [1.807, 2.05) is 0 Å². The van der Waals surface area contributed by atoms with Crippen molar-refractivity contribution in [1.82, 2.24) is 10.4 Å². The van der Waals surface area contributed by atoms with Crippen molar-refractivity contribution in [3.63, 3.8) is 0 Å². The van der Waals surface area contributed by atoms with Gasteiger partial charge in [0.25, 0.3) is 0 Å². The summed E-state index contributed by atoms with van der Waals surface area (Å²) in [6.07, 6.45) is -1.65. The number of para-hydroxylation sites is 1. The second-order valence-electron chi connectivity index (χ2n) is 6.42. The van der Waals surface area contributed by atoms with E-state index in [-0.39, 0.29) is 26.1 Å². The van der Waals surface area contributed by atoms with Crippen LogP contribution in [0.4, 0.5) is 0 Å². The van der Waals surface area contributed by atoms with Crippen molar-refractivity contribution in [2.24, 2.45) is 5.41 Å². The van der Waals surface area contributed by atoms with Crippen molar-refractivity contribution in [3.05, 3.63) is 30.3 Å². The van der Waals surface area contributed by atoms with E-state index in [1.54, 1.807) is 37.3 Å². The van der Waals surface area contributed by atoms with Gasteiger partial charge in [0.2, 0.25) is 11.7 Å². The molecule has 0 radical (unpaired) electrons. The molecule has 3 N–H and O–H groups in total. The molecule has 0 saturated carbocycles. The van der Waals surface area contributed by atoms with Crippen LogP contribution < -0.4 is 10.2 Å². The molecule has 1 aromatic carbocycles. The van der Waals surface area contributed by atoms with Gasteiger partial charge in [0.15, 0.2) is 5.75 Å². The summed E-state index contributed by atoms with van der Waals surface area (Å²) in [4.78, 5) is 41.4. The molecule has 0 bridgehead atoms. The Morgan fingerprint density at radius 1 is 1.23 bits per heavy atom. The number of nitrogens with zero attached hydrogens (tertiary/aromatic N) is 1. The number of aliphatic hydroxyl groups is 2. The lowest BCUT2D eigenvalue weighted by Crippen LogP contribution is -2.46. The van der Waals surface area contributed by atoms with Gasteiger partial charge in [0, 0.05) is 18.4 Å². The average Bonchev–Trinajstić information content (AvgIpc) is 2.65. The number of hydrogen-bond donors (Lipinski definition) is 3. The summed E-state index contributed by atoms with van der Waals surface area (Å²) in [5.41, 5.74) is -1.01. The van der Waals surface area contributed by atoms with Gasteiger partial charge in [-0.3, -0.25) is 14.4 Å². The zero-order valence-corrected chi connectivity index (χ0v) is 15.3. The van der Waals surface area contributed by atoms with Crippen molar-refractivity contribution in [2.75, 3.05) is 19.7 Å². The standard InChI is InChI=1S/C18H26N2O6/c1-4-20(26-13-8-6-5-7-9-13)17(25)14(22)10-11-19-16(24)15(23)18(2,3)12-21/h5-9,15,21,23H,4,10-12H2,1-3H3,(H,19,24). The molecule has 0 spiro atoms. The van der Waals surface area contributed by atoms with Crippen LogP contribution in [-0.2, 0) is 14.4 Å². The second-order valence-corrected chi connectivity index (χ2v) is 6.42. The maximum atomic E-state index is 12.2. The molecule has 26 heavy (non-hydrogen) atoms. The van der Waals surface area contributed by atoms with E-state index in [0.29, 0.717) is 5.75 Å². The highest BCUT2D eigenvalue weighted by Gasteiger charge is 2.33. The number of hydroxylamine groups is 2. The van der Waals surface area contributed by atoms with Gasteiger partial charge < -0.3 is 20.4 Å². The normalized spacial score (nSPS) is 12.2. The Kier molecular flexibility index (Phi) is 8.21. The van der Waals surface area contributed by atoms with E-state index in [1.165, 1.54) is 13.8 Å². The third kappa shape index (κ3) is 6.12. The third-order valence-electron chi connectivity index (χ3n) is 3.76. The van der Waals surface area contributed by atoms with Crippen LogP contribution in [0.2, 0.25) is 0 Å². The fourth-order valence-electron chi connectivity index (χ4n) is 1.94. The molecule has 1 rings (SSSR count). The first-order valence-corrected chi connectivity index (χ1v) is 8.37. The predicted molar refractivity (Wildman–Crippen MR) is 94.0 cm³/mol. The van der Waals surface area contributed by atoms with Crippen LogP contribution in [0.3, 0.4) is 0 Å². The second kappa shape index (κ2) is 9.88. The molecule has 0 aliphatic carbocycles. The van der Waals surface area contributed by atoms with Crippen LogP contribution >= 0.6 is 0 Å². The highest BCUT2D eigenvalue weighted by Crippen LogP contribution is 2.19. The van der Waals surface area contributed by atoms with E-state index in [2.05, 4.69) is 5.32 Å². The molecule has 8 nitrogen and oxygen atoms in total. The van der Waals surface area contributed by atoms with Crippen molar-refractivity contribution in [2.45, 2.75) is 33.3 Å². The number of rotatable bonds is 10. The summed E-state index contributed by atoms with van der Waals surface area (Å²) >= 11 is 0. The van der Waals surface area contributed by atoms with Gasteiger partial charge in [-0.25, -0.2) is 0 Å². The molecule has 1 aromatic rings. The van der Waals surface area contributed by atoms with Gasteiger partial charge in [-0.15, -0.1) is 0 Å². The largest absolute Gasteiger partial charge is 0.396 e. The van der Waals surface area contributed by atoms with E-state index in [0.717, 1.165) is 5.06 Å². The number of carbonyl (C=O) groups is 3. The lowest BCUT2D eigenvalue weighted by molar-refractivity contribution is -0.163. The van der Waals surface area contributed by atoms with Crippen LogP contribution in [0, 0.1) is 5.41 Å². The molecule has 1 unspecified atom stereocenters. The first-order valence-electron chi connectivity index (χ1n) is 8.37. The Morgan fingerprint density at radius 3 is 2.38 bits per heavy atom. The van der Waals surface area contributed by atoms with Gasteiger partial charge in [-0.1, -0.05) is 32.0 Å². The van der Waals surface area contributed by atoms with E-state index < -0.39 is 29.1 Å². The molecule has 0 fully saturated rings. The lowest BCUT2D eigenvalue weighted by Gasteiger charge is -2.27. The number of Topliss-reactive ketones (excluding diaryl/α,β-unsaturated/α-hetero) is 1. The van der Waals surface area contributed by atoms with Crippen molar-refractivity contribution < 1.29 is 29.4 Å². The Labute approximate surface area is 152 Å². The molecule has 8 heteroatoms. The van der Waals surface area contributed by atoms with Gasteiger partial charge in [0.1, 0.15) is 6.10 Å². The summed E-state index contributed by atoms with van der Waals surface area (Å²) in [5.74, 6) is -1.82. The minimum absolute atomic E-state index is 0.106. The SMILES string of the molecule is CCN(Oc1ccccc1)C(=O)C(=O)CCNC(=O)C(O)C(C)(C)CO. The number of likely N-dealkylation sites (N-methyl/N-ethyl adjacent to an activating group) is 1. The van der Waals surface area contributed by atoms with Crippen LogP contribution in [0.1, 0.15) is 27.2 Å². The fourth-order valence-corrected chi connectivity index (χ4v) is 1.94. The number of nitrogens with one attached hydrogen (secondary N) is 1. The van der Waals surface area contributed by atoms with Crippen LogP contribution in [-0.4, -0.2) is 58.7 Å². The summed E-state index contributed by atoms with van der Waals surface area (Å²) in [6.45, 7) is 4.43. The van der Waals surface area contributed by atoms with E-state index in [4.69, 9.17) is 9.94 Å². The predicted octanol–water partition coefficient (Wildman–Crippen LogP) is 0.284. The summed E-state index contributed by atoms with van der Waals surface area (Å²) in [7, 11) is 0. The average molecular weight is 366 g/mol. The molecule has 144 valence electrons. The molecule has 2 amide bonds. The number of ketones is 1. The molecule has 1 atom stereocenters. The fraction of sp³-hybridized carbons (Fsp3) is 0.500. The number of benzene rings is 1. The monoisotopic (exact) mass is 366 g/mol. The summed E-state index contributed by atoms with van der Waals surface area (Å²) in [6, 6.07) is 8.59. The third-order valence-corrected chi connectivity index (χ3v) is 3.76. The molecule has 0 heterocycles. The molecule has 0 saturated heterocycles. The first kappa shape index (κ1) is 21.6. The van der Waals surface area contributed by atoms with E-state index in [9.17, 15) is 19.5 Å². The van der Waals surface area contributed by atoms with E-state index >= 15 is 0 Å². The smallest absolute Gasteiger partial charge is 0.322 e. The maximum Gasteiger partial charge on any atom is 0.322 e. The summed E-state index contributed by atoms with van der Waals surface area (Å²) in [5, 5.41) is 22.3. The number of hydrogen-bond acceptors (Lipinski definition) is 6. The van der Waals surface area contributed by atoms with Gasteiger partial charge >= 0.3 is 5.91 Å². The number of carbonyl (C=O) groups excluding carboxylic acids is 3. The van der Waals surface area contributed by atoms with Crippen LogP contribution in [0.15, 0.2) is 30.3 Å². The summed E-state index contributed by atoms with van der Waals surface area (Å²) < 4.78 is 0. The minimum atomic E-state index is -1.42. The molecular formula is C18H26N2O6. The Hall–Kier alpha value is -2.45.